The SMILES string of the molecule is CC(C)c1ccc([C@H]2CC(c3ccc(F)cc3)=NN2c2nc(-c3ccc([N+](=O)[O-])cc3)cs2)cc1. The quantitative estimate of drug-likeness (QED) is 0.211. The summed E-state index contributed by atoms with van der Waals surface area (Å²) >= 11 is 1.47. The highest BCUT2D eigenvalue weighted by atomic mass is 32.1. The maximum absolute atomic E-state index is 13.5. The largest absolute Gasteiger partial charge is 0.269 e. The van der Waals surface area contributed by atoms with Crippen molar-refractivity contribution in [3.63, 3.8) is 0 Å². The van der Waals surface area contributed by atoms with Crippen LogP contribution in [0.3, 0.4) is 0 Å². The topological polar surface area (TPSA) is 71.6 Å². The Morgan fingerprint density at radius 2 is 1.66 bits per heavy atom. The maximum Gasteiger partial charge on any atom is 0.269 e. The molecule has 0 radical (unpaired) electrons. The van der Waals surface area contributed by atoms with E-state index in [0.29, 0.717) is 12.3 Å². The minimum absolute atomic E-state index is 0.0437. The van der Waals surface area contributed by atoms with Gasteiger partial charge >= 0.3 is 0 Å². The number of nitro groups is 1. The second-order valence-corrected chi connectivity index (χ2v) is 9.60. The van der Waals surface area contributed by atoms with E-state index < -0.39 is 4.92 Å². The molecule has 0 unspecified atom stereocenters. The summed E-state index contributed by atoms with van der Waals surface area (Å²) in [5.41, 5.74) is 5.73. The lowest BCUT2D eigenvalue weighted by Crippen LogP contribution is -2.18. The predicted molar refractivity (Wildman–Crippen MR) is 138 cm³/mol. The molecule has 0 N–H and O–H groups in total. The number of nitrogens with zero attached hydrogens (tertiary/aromatic N) is 4. The van der Waals surface area contributed by atoms with Gasteiger partial charge in [0.15, 0.2) is 0 Å². The van der Waals surface area contributed by atoms with E-state index in [1.54, 1.807) is 24.3 Å². The van der Waals surface area contributed by atoms with Crippen LogP contribution in [-0.2, 0) is 0 Å². The maximum atomic E-state index is 13.5. The highest BCUT2D eigenvalue weighted by Gasteiger charge is 2.32. The highest BCUT2D eigenvalue weighted by Crippen LogP contribution is 2.39. The zero-order valence-corrected chi connectivity index (χ0v) is 20.1. The van der Waals surface area contributed by atoms with Crippen LogP contribution in [0.2, 0.25) is 0 Å². The van der Waals surface area contributed by atoms with Crippen molar-refractivity contribution in [3.05, 3.63) is 111 Å². The third kappa shape index (κ3) is 4.70. The number of nitro benzene ring substituents is 1. The van der Waals surface area contributed by atoms with Crippen molar-refractivity contribution in [2.75, 3.05) is 5.01 Å². The first-order valence-corrected chi connectivity index (χ1v) is 12.2. The van der Waals surface area contributed by atoms with Gasteiger partial charge in [-0.05, 0) is 46.9 Å². The Labute approximate surface area is 206 Å². The second kappa shape index (κ2) is 9.38. The first-order chi connectivity index (χ1) is 16.9. The number of thiazole rings is 1. The Kier molecular flexibility index (Phi) is 6.13. The van der Waals surface area contributed by atoms with E-state index >= 15 is 0 Å². The molecule has 0 amide bonds. The van der Waals surface area contributed by atoms with E-state index in [0.717, 1.165) is 33.2 Å². The number of halogens is 1. The molecule has 2 heterocycles. The first kappa shape index (κ1) is 22.9. The summed E-state index contributed by atoms with van der Waals surface area (Å²) in [5.74, 6) is 0.163. The molecule has 1 aliphatic heterocycles. The Morgan fingerprint density at radius 1 is 1.00 bits per heavy atom. The van der Waals surface area contributed by atoms with Gasteiger partial charge in [-0.3, -0.25) is 10.1 Å². The van der Waals surface area contributed by atoms with Gasteiger partial charge < -0.3 is 0 Å². The van der Waals surface area contributed by atoms with Crippen molar-refractivity contribution >= 4 is 27.9 Å². The third-order valence-corrected chi connectivity index (χ3v) is 6.97. The van der Waals surface area contributed by atoms with Crippen molar-refractivity contribution in [2.45, 2.75) is 32.2 Å². The standard InChI is InChI=1S/C27H23FN4O2S/c1-17(2)18-3-5-21(6-4-18)26-15-24(19-7-11-22(28)12-8-19)30-31(26)27-29-25(16-35-27)20-9-13-23(14-10-20)32(33)34/h3-14,16-17,26H,15H2,1-2H3/t26-/m1/s1. The summed E-state index contributed by atoms with van der Waals surface area (Å²) in [6, 6.07) is 21.3. The van der Waals surface area contributed by atoms with E-state index in [1.807, 2.05) is 10.4 Å². The van der Waals surface area contributed by atoms with Crippen molar-refractivity contribution < 1.29 is 9.31 Å². The molecular weight excluding hydrogens is 463 g/mol. The average molecular weight is 487 g/mol. The van der Waals surface area contributed by atoms with E-state index in [4.69, 9.17) is 10.1 Å². The molecule has 0 saturated carbocycles. The lowest BCUT2D eigenvalue weighted by Gasteiger charge is -2.21. The van der Waals surface area contributed by atoms with Crippen LogP contribution in [0, 0.1) is 15.9 Å². The van der Waals surface area contributed by atoms with Crippen molar-refractivity contribution in [1.82, 2.24) is 4.98 Å². The molecule has 6 nitrogen and oxygen atoms in total. The van der Waals surface area contributed by atoms with Crippen molar-refractivity contribution in [1.29, 1.82) is 0 Å². The van der Waals surface area contributed by atoms with Gasteiger partial charge in [-0.2, -0.15) is 5.10 Å². The van der Waals surface area contributed by atoms with Crippen LogP contribution in [0.15, 0.2) is 83.3 Å². The Morgan fingerprint density at radius 3 is 2.29 bits per heavy atom. The molecule has 176 valence electrons. The zero-order chi connectivity index (χ0) is 24.5. The minimum Gasteiger partial charge on any atom is -0.258 e. The molecule has 0 fully saturated rings. The van der Waals surface area contributed by atoms with Gasteiger partial charge in [-0.15, -0.1) is 11.3 Å². The number of anilines is 1. The van der Waals surface area contributed by atoms with Gasteiger partial charge in [0.2, 0.25) is 5.13 Å². The molecule has 5 rings (SSSR count). The molecule has 4 aromatic rings. The summed E-state index contributed by atoms with van der Waals surface area (Å²) in [6.07, 6.45) is 0.666. The number of aromatic nitrogens is 1. The van der Waals surface area contributed by atoms with Crippen LogP contribution in [0.25, 0.3) is 11.3 Å². The summed E-state index contributed by atoms with van der Waals surface area (Å²) in [4.78, 5) is 15.4. The molecule has 1 aromatic heterocycles. The lowest BCUT2D eigenvalue weighted by molar-refractivity contribution is -0.384. The zero-order valence-electron chi connectivity index (χ0n) is 19.3. The normalized spacial score (nSPS) is 15.5. The Hall–Kier alpha value is -3.91. The average Bonchev–Trinajstić information content (AvgIpc) is 3.52. The van der Waals surface area contributed by atoms with Gasteiger partial charge in [0.1, 0.15) is 5.82 Å². The summed E-state index contributed by atoms with van der Waals surface area (Å²) in [6.45, 7) is 4.34. The third-order valence-electron chi connectivity index (χ3n) is 6.14. The number of hydrogen-bond donors (Lipinski definition) is 0. The molecule has 0 saturated heterocycles. The van der Waals surface area contributed by atoms with E-state index in [-0.39, 0.29) is 17.5 Å². The molecule has 3 aromatic carbocycles. The first-order valence-electron chi connectivity index (χ1n) is 11.3. The van der Waals surface area contributed by atoms with Crippen LogP contribution in [0.5, 0.6) is 0 Å². The van der Waals surface area contributed by atoms with E-state index in [1.165, 1.54) is 41.2 Å². The van der Waals surface area contributed by atoms with Gasteiger partial charge in [-0.1, -0.05) is 50.2 Å². The number of rotatable bonds is 6. The van der Waals surface area contributed by atoms with E-state index in [2.05, 4.69) is 38.1 Å². The molecule has 1 aliphatic rings. The number of hydrogen-bond acceptors (Lipinski definition) is 6. The van der Waals surface area contributed by atoms with Gasteiger partial charge in [0.05, 0.1) is 22.4 Å². The molecule has 1 atom stereocenters. The molecule has 0 aliphatic carbocycles. The molecular formula is C27H23FN4O2S. The number of non-ortho nitro benzene ring substituents is 1. The van der Waals surface area contributed by atoms with Gasteiger partial charge in [0, 0.05) is 29.5 Å². The van der Waals surface area contributed by atoms with Crippen LogP contribution in [0.4, 0.5) is 15.2 Å². The monoisotopic (exact) mass is 486 g/mol. The molecule has 35 heavy (non-hydrogen) atoms. The lowest BCUT2D eigenvalue weighted by atomic mass is 9.95. The fraction of sp³-hybridized carbons (Fsp3) is 0.185. The molecule has 0 spiro atoms. The Balaban J connectivity index is 1.50. The van der Waals surface area contributed by atoms with Gasteiger partial charge in [0.25, 0.3) is 5.69 Å². The smallest absolute Gasteiger partial charge is 0.258 e. The number of benzene rings is 3. The number of hydrazone groups is 1. The van der Waals surface area contributed by atoms with Gasteiger partial charge in [-0.25, -0.2) is 14.4 Å². The molecule has 0 bridgehead atoms. The van der Waals surface area contributed by atoms with Crippen LogP contribution in [0.1, 0.15) is 48.9 Å². The summed E-state index contributed by atoms with van der Waals surface area (Å²) in [7, 11) is 0. The highest BCUT2D eigenvalue weighted by molar-refractivity contribution is 7.14. The van der Waals surface area contributed by atoms with Crippen molar-refractivity contribution in [3.8, 4) is 11.3 Å². The van der Waals surface area contributed by atoms with Crippen molar-refractivity contribution in [2.24, 2.45) is 5.10 Å². The molecule has 8 heteroatoms. The second-order valence-electron chi connectivity index (χ2n) is 8.76. The summed E-state index contributed by atoms with van der Waals surface area (Å²) < 4.78 is 13.5. The Bertz CT molecular complexity index is 1380. The fourth-order valence-electron chi connectivity index (χ4n) is 4.12. The minimum atomic E-state index is -0.415. The van der Waals surface area contributed by atoms with Crippen LogP contribution in [-0.4, -0.2) is 15.6 Å². The van der Waals surface area contributed by atoms with E-state index in [9.17, 15) is 14.5 Å². The predicted octanol–water partition coefficient (Wildman–Crippen LogP) is 7.34. The van der Waals surface area contributed by atoms with Crippen LogP contribution < -0.4 is 5.01 Å². The summed E-state index contributed by atoms with van der Waals surface area (Å²) in [5, 5.41) is 20.5. The fourth-order valence-corrected chi connectivity index (χ4v) is 4.96. The van der Waals surface area contributed by atoms with Crippen LogP contribution >= 0.6 is 11.3 Å².